The Morgan fingerprint density at radius 1 is 1.19 bits per heavy atom. The first-order valence-electron chi connectivity index (χ1n) is 13.1. The fraction of sp³-hybridized carbons (Fsp3) is 0.692. The number of methoxy groups -OCH3 is 1. The number of hydrogen-bond donors (Lipinski definition) is 2. The highest BCUT2D eigenvalue weighted by molar-refractivity contribution is 5.79. The van der Waals surface area contributed by atoms with Crippen LogP contribution >= 0.6 is 0 Å². The number of carboxylic acids is 1. The number of benzene rings is 1. The van der Waals surface area contributed by atoms with Gasteiger partial charge in [-0.15, -0.1) is 0 Å². The molecule has 0 radical (unpaired) electrons. The van der Waals surface area contributed by atoms with Gasteiger partial charge in [-0.25, -0.2) is 0 Å². The Kier molecular flexibility index (Phi) is 9.47. The second kappa shape index (κ2) is 12.8. The molecule has 2 saturated heterocycles. The van der Waals surface area contributed by atoms with E-state index in [-0.39, 0.29) is 37.5 Å². The van der Waals surface area contributed by atoms with Crippen LogP contribution in [0.15, 0.2) is 12.1 Å². The maximum absolute atomic E-state index is 13.3. The number of amides is 1. The van der Waals surface area contributed by atoms with Crippen LogP contribution in [-0.4, -0.2) is 99.0 Å². The van der Waals surface area contributed by atoms with Crippen molar-refractivity contribution >= 4 is 11.9 Å². The number of rotatable bonds is 13. The van der Waals surface area contributed by atoms with Crippen molar-refractivity contribution in [1.29, 1.82) is 0 Å². The van der Waals surface area contributed by atoms with Crippen LogP contribution in [0.3, 0.4) is 0 Å². The first kappa shape index (κ1) is 27.4. The number of nitrogens with two attached hydrogens (primary N) is 1. The van der Waals surface area contributed by atoms with Gasteiger partial charge in [-0.2, -0.15) is 0 Å². The molecule has 3 heterocycles. The third-order valence-corrected chi connectivity index (χ3v) is 7.40. The van der Waals surface area contributed by atoms with Crippen LogP contribution in [0.2, 0.25) is 0 Å². The zero-order valence-corrected chi connectivity index (χ0v) is 21.7. The Morgan fingerprint density at radius 2 is 1.97 bits per heavy atom. The molecule has 0 saturated carbocycles. The van der Waals surface area contributed by atoms with Crippen LogP contribution in [0.4, 0.5) is 0 Å². The summed E-state index contributed by atoms with van der Waals surface area (Å²) in [5.41, 5.74) is 6.56. The van der Waals surface area contributed by atoms with Crippen molar-refractivity contribution in [2.24, 2.45) is 11.7 Å². The molecule has 0 unspecified atom stereocenters. The summed E-state index contributed by atoms with van der Waals surface area (Å²) < 4.78 is 27.8. The third-order valence-electron chi connectivity index (χ3n) is 7.40. The lowest BCUT2D eigenvalue weighted by Crippen LogP contribution is -2.45. The molecule has 3 aliphatic heterocycles. The zero-order valence-electron chi connectivity index (χ0n) is 21.7. The van der Waals surface area contributed by atoms with Crippen molar-refractivity contribution < 1.29 is 38.4 Å². The fourth-order valence-corrected chi connectivity index (χ4v) is 5.57. The minimum absolute atomic E-state index is 0.0367. The predicted octanol–water partition coefficient (Wildman–Crippen LogP) is 1.63. The Labute approximate surface area is 217 Å². The molecule has 11 nitrogen and oxygen atoms in total. The van der Waals surface area contributed by atoms with Crippen molar-refractivity contribution in [3.63, 3.8) is 0 Å². The lowest BCUT2D eigenvalue weighted by molar-refractivity contribution is -0.144. The van der Waals surface area contributed by atoms with E-state index < -0.39 is 11.9 Å². The minimum Gasteiger partial charge on any atom is -0.493 e. The number of aliphatic carboxylic acids is 1. The number of ether oxygens (including phenoxy) is 5. The maximum Gasteiger partial charge on any atom is 0.308 e. The molecule has 1 amide bonds. The molecule has 0 aromatic heterocycles. The molecule has 0 bridgehead atoms. The number of nitrogens with zero attached hydrogens (tertiary/aromatic N) is 2. The highest BCUT2D eigenvalue weighted by Crippen LogP contribution is 2.47. The van der Waals surface area contributed by atoms with Gasteiger partial charge in [-0.1, -0.05) is 13.3 Å². The van der Waals surface area contributed by atoms with Crippen LogP contribution in [-0.2, 0) is 19.1 Å². The summed E-state index contributed by atoms with van der Waals surface area (Å²) in [5, 5.41) is 10.4. The maximum atomic E-state index is 13.3. The standard InChI is InChI=1S/C26H39N3O8/c1-3-4-8-28(9-7-27)22(30)15-29-14-18(17-12-20(33-2)25-21(13-17)36-16-37-25)24(26(31)32)19(29)5-6-23-34-10-11-35-23/h12-13,18-19,23-24H,3-11,14-16,27H2,1-2H3,(H,31,32)/t18-,19+,24-/m1/s1. The summed E-state index contributed by atoms with van der Waals surface area (Å²) in [6.07, 6.45) is 2.59. The quantitative estimate of drug-likeness (QED) is 0.395. The molecule has 37 heavy (non-hydrogen) atoms. The molecule has 1 aromatic rings. The van der Waals surface area contributed by atoms with E-state index in [1.807, 2.05) is 17.0 Å². The van der Waals surface area contributed by atoms with Gasteiger partial charge >= 0.3 is 5.97 Å². The van der Waals surface area contributed by atoms with Gasteiger partial charge in [-0.05, 0) is 37.0 Å². The Hall–Kier alpha value is -2.60. The number of carbonyl (C=O) groups is 2. The van der Waals surface area contributed by atoms with E-state index in [2.05, 4.69) is 6.92 Å². The number of unbranched alkanes of at least 4 members (excludes halogenated alkanes) is 1. The second-order valence-electron chi connectivity index (χ2n) is 9.70. The van der Waals surface area contributed by atoms with Crippen molar-refractivity contribution in [2.75, 3.05) is 59.8 Å². The monoisotopic (exact) mass is 521 g/mol. The molecule has 3 atom stereocenters. The van der Waals surface area contributed by atoms with Crippen molar-refractivity contribution in [3.8, 4) is 17.2 Å². The summed E-state index contributed by atoms with van der Waals surface area (Å²) in [6.45, 7) is 5.27. The first-order chi connectivity index (χ1) is 18.0. The predicted molar refractivity (Wildman–Crippen MR) is 134 cm³/mol. The van der Waals surface area contributed by atoms with E-state index in [4.69, 9.17) is 29.4 Å². The van der Waals surface area contributed by atoms with E-state index in [0.29, 0.717) is 69.5 Å². The lowest BCUT2D eigenvalue weighted by atomic mass is 9.83. The fourth-order valence-electron chi connectivity index (χ4n) is 5.57. The normalized spacial score (nSPS) is 23.5. The number of hydrogen-bond acceptors (Lipinski definition) is 9. The van der Waals surface area contributed by atoms with Gasteiger partial charge in [0.1, 0.15) is 0 Å². The smallest absolute Gasteiger partial charge is 0.308 e. The number of fused-ring (bicyclic) bond motifs is 1. The van der Waals surface area contributed by atoms with Crippen molar-refractivity contribution in [2.45, 2.75) is 50.9 Å². The zero-order chi connectivity index (χ0) is 26.4. The van der Waals surface area contributed by atoms with Crippen LogP contribution in [0.5, 0.6) is 17.2 Å². The molecule has 206 valence electrons. The second-order valence-corrected chi connectivity index (χ2v) is 9.70. The first-order valence-corrected chi connectivity index (χ1v) is 13.1. The molecule has 3 aliphatic rings. The van der Waals surface area contributed by atoms with Crippen LogP contribution < -0.4 is 19.9 Å². The highest BCUT2D eigenvalue weighted by Gasteiger charge is 2.48. The van der Waals surface area contributed by atoms with E-state index in [9.17, 15) is 14.7 Å². The minimum atomic E-state index is -0.903. The SMILES string of the molecule is CCCCN(CCN)C(=O)CN1C[C@H](c2cc(OC)c3c(c2)OCO3)[C@@H](C(=O)O)[C@@H]1CCC1OCCO1. The molecule has 11 heteroatoms. The van der Waals surface area contributed by atoms with Gasteiger partial charge in [0.15, 0.2) is 17.8 Å². The lowest BCUT2D eigenvalue weighted by Gasteiger charge is -2.30. The Morgan fingerprint density at radius 3 is 2.65 bits per heavy atom. The average molecular weight is 522 g/mol. The average Bonchev–Trinajstić information content (AvgIpc) is 3.64. The molecular formula is C26H39N3O8. The van der Waals surface area contributed by atoms with Gasteiger partial charge in [0.25, 0.3) is 0 Å². The molecule has 4 rings (SSSR count). The molecular weight excluding hydrogens is 482 g/mol. The van der Waals surface area contributed by atoms with Gasteiger partial charge < -0.3 is 39.4 Å². The molecule has 0 aliphatic carbocycles. The molecule has 2 fully saturated rings. The van der Waals surface area contributed by atoms with Gasteiger partial charge in [-0.3, -0.25) is 14.5 Å². The number of carbonyl (C=O) groups excluding carboxylic acids is 1. The molecule has 3 N–H and O–H groups in total. The summed E-state index contributed by atoms with van der Waals surface area (Å²) in [4.78, 5) is 29.8. The summed E-state index contributed by atoms with van der Waals surface area (Å²) in [5.74, 6) is -0.498. The molecule has 1 aromatic carbocycles. The van der Waals surface area contributed by atoms with Crippen LogP contribution in [0.1, 0.15) is 44.1 Å². The summed E-state index contributed by atoms with van der Waals surface area (Å²) >= 11 is 0. The molecule has 0 spiro atoms. The number of likely N-dealkylation sites (tertiary alicyclic amines) is 1. The van der Waals surface area contributed by atoms with Gasteiger partial charge in [0.2, 0.25) is 18.4 Å². The largest absolute Gasteiger partial charge is 0.493 e. The Bertz CT molecular complexity index is 939. The van der Waals surface area contributed by atoms with Gasteiger partial charge in [0, 0.05) is 38.1 Å². The van der Waals surface area contributed by atoms with E-state index in [1.54, 1.807) is 12.0 Å². The van der Waals surface area contributed by atoms with E-state index in [1.165, 1.54) is 0 Å². The van der Waals surface area contributed by atoms with E-state index >= 15 is 0 Å². The third kappa shape index (κ3) is 6.28. The summed E-state index contributed by atoms with van der Waals surface area (Å²) in [6, 6.07) is 3.28. The van der Waals surface area contributed by atoms with Gasteiger partial charge in [0.05, 0.1) is 32.8 Å². The highest BCUT2D eigenvalue weighted by atomic mass is 16.7. The topological polar surface area (TPSA) is 133 Å². The van der Waals surface area contributed by atoms with Crippen molar-refractivity contribution in [1.82, 2.24) is 9.80 Å². The van der Waals surface area contributed by atoms with Crippen LogP contribution in [0.25, 0.3) is 0 Å². The van der Waals surface area contributed by atoms with Crippen molar-refractivity contribution in [3.05, 3.63) is 17.7 Å². The number of carboxylic acid groups (broad SMARTS) is 1. The summed E-state index contributed by atoms with van der Waals surface area (Å²) in [7, 11) is 1.54. The van der Waals surface area contributed by atoms with Crippen LogP contribution in [0, 0.1) is 5.92 Å². The Balaban J connectivity index is 1.61. The van der Waals surface area contributed by atoms with E-state index in [0.717, 1.165) is 18.4 Å².